The summed E-state index contributed by atoms with van der Waals surface area (Å²) in [5.41, 5.74) is 5.44. The van der Waals surface area contributed by atoms with Crippen molar-refractivity contribution in [3.63, 3.8) is 0 Å². The molecule has 26 heavy (non-hydrogen) atoms. The second-order valence-electron chi connectivity index (χ2n) is 6.95. The number of nitro benzene ring substituents is 1. The molecule has 1 saturated heterocycles. The largest absolute Gasteiger partial charge is 0.452 e. The lowest BCUT2D eigenvalue weighted by Gasteiger charge is -2.44. The van der Waals surface area contributed by atoms with Crippen LogP contribution in [-0.4, -0.2) is 40.9 Å². The molecule has 2 atom stereocenters. The van der Waals surface area contributed by atoms with E-state index in [0.717, 1.165) is 38.2 Å². The molecular formula is C18H23N3O5. The molecule has 1 amide bonds. The third-order valence-electron chi connectivity index (χ3n) is 5.36. The van der Waals surface area contributed by atoms with Gasteiger partial charge in [-0.1, -0.05) is 12.8 Å². The van der Waals surface area contributed by atoms with Crippen molar-refractivity contribution in [2.24, 2.45) is 5.92 Å². The molecule has 1 aliphatic carbocycles. The van der Waals surface area contributed by atoms with Gasteiger partial charge in [-0.2, -0.15) is 0 Å². The van der Waals surface area contributed by atoms with Crippen molar-refractivity contribution in [3.05, 3.63) is 33.9 Å². The maximum atomic E-state index is 12.6. The average molecular weight is 361 g/mol. The zero-order chi connectivity index (χ0) is 18.7. The van der Waals surface area contributed by atoms with Gasteiger partial charge in [0.2, 0.25) is 0 Å². The quantitative estimate of drug-likeness (QED) is 0.381. The van der Waals surface area contributed by atoms with Crippen LogP contribution >= 0.6 is 0 Å². The van der Waals surface area contributed by atoms with Gasteiger partial charge in [-0.05, 0) is 37.7 Å². The Bertz CT molecular complexity index is 719. The summed E-state index contributed by atoms with van der Waals surface area (Å²) in [7, 11) is 0. The smallest absolute Gasteiger partial charge is 0.341 e. The van der Waals surface area contributed by atoms with E-state index in [1.54, 1.807) is 0 Å². The maximum Gasteiger partial charge on any atom is 0.341 e. The molecule has 3 rings (SSSR count). The molecular weight excluding hydrogens is 338 g/mol. The van der Waals surface area contributed by atoms with Gasteiger partial charge < -0.3 is 15.4 Å². The van der Waals surface area contributed by atoms with Gasteiger partial charge in [0.15, 0.2) is 6.61 Å². The van der Waals surface area contributed by atoms with Crippen molar-refractivity contribution in [2.75, 3.05) is 18.9 Å². The van der Waals surface area contributed by atoms with E-state index in [-0.39, 0.29) is 35.5 Å². The summed E-state index contributed by atoms with van der Waals surface area (Å²) in [5.74, 6) is -0.486. The van der Waals surface area contributed by atoms with Crippen LogP contribution in [0.2, 0.25) is 0 Å². The van der Waals surface area contributed by atoms with Crippen molar-refractivity contribution in [1.29, 1.82) is 0 Å². The van der Waals surface area contributed by atoms with Crippen LogP contribution in [0.15, 0.2) is 18.2 Å². The van der Waals surface area contributed by atoms with Crippen LogP contribution < -0.4 is 5.73 Å². The van der Waals surface area contributed by atoms with Gasteiger partial charge in [-0.3, -0.25) is 14.9 Å². The fourth-order valence-electron chi connectivity index (χ4n) is 4.06. The van der Waals surface area contributed by atoms with Gasteiger partial charge in [0.1, 0.15) is 0 Å². The van der Waals surface area contributed by atoms with Crippen molar-refractivity contribution in [1.82, 2.24) is 4.90 Å². The van der Waals surface area contributed by atoms with Gasteiger partial charge in [-0.25, -0.2) is 4.79 Å². The van der Waals surface area contributed by atoms with Crippen molar-refractivity contribution >= 4 is 23.3 Å². The molecule has 1 heterocycles. The number of nitrogens with two attached hydrogens (primary N) is 1. The number of ether oxygens (including phenoxy) is 1. The molecule has 8 heteroatoms. The number of piperidine rings is 1. The standard InChI is InChI=1S/C18H23N3O5/c19-15-8-7-13(21(24)25)10-14(15)18(23)26-11-17(22)20-9-3-5-12-4-1-2-6-16(12)20/h7-8,10,12,16H,1-6,9,11,19H2/t12-,16+/m0/s1. The number of esters is 1. The maximum absolute atomic E-state index is 12.6. The molecule has 0 radical (unpaired) electrons. The van der Waals surface area contributed by atoms with E-state index in [0.29, 0.717) is 12.5 Å². The Morgan fingerprint density at radius 1 is 1.23 bits per heavy atom. The van der Waals surface area contributed by atoms with E-state index in [9.17, 15) is 19.7 Å². The minimum Gasteiger partial charge on any atom is -0.452 e. The SMILES string of the molecule is Nc1ccc([N+](=O)[O-])cc1C(=O)OCC(=O)N1CCC[C@@H]2CCCC[C@H]21. The molecule has 2 fully saturated rings. The number of likely N-dealkylation sites (tertiary alicyclic amines) is 1. The van der Waals surface area contributed by atoms with Gasteiger partial charge in [0.25, 0.3) is 11.6 Å². The van der Waals surface area contributed by atoms with Crippen LogP contribution in [0.5, 0.6) is 0 Å². The molecule has 0 unspecified atom stereocenters. The first kappa shape index (κ1) is 18.2. The van der Waals surface area contributed by atoms with Gasteiger partial charge in [0, 0.05) is 30.4 Å². The van der Waals surface area contributed by atoms with Crippen molar-refractivity contribution in [3.8, 4) is 0 Å². The van der Waals surface area contributed by atoms with Crippen molar-refractivity contribution < 1.29 is 19.2 Å². The van der Waals surface area contributed by atoms with Gasteiger partial charge in [0.05, 0.1) is 10.5 Å². The summed E-state index contributed by atoms with van der Waals surface area (Å²) >= 11 is 0. The molecule has 2 aliphatic rings. The molecule has 1 aliphatic heterocycles. The third-order valence-corrected chi connectivity index (χ3v) is 5.36. The molecule has 0 spiro atoms. The number of anilines is 1. The van der Waals surface area contributed by atoms with Crippen LogP contribution in [0, 0.1) is 16.0 Å². The molecule has 0 aromatic heterocycles. The number of carbonyl (C=O) groups is 2. The lowest BCUT2D eigenvalue weighted by Crippen LogP contribution is -2.50. The lowest BCUT2D eigenvalue weighted by atomic mass is 9.78. The van der Waals surface area contributed by atoms with Gasteiger partial charge in [-0.15, -0.1) is 0 Å². The highest BCUT2D eigenvalue weighted by Gasteiger charge is 2.35. The summed E-state index contributed by atoms with van der Waals surface area (Å²) < 4.78 is 5.11. The number of nitrogen functional groups attached to an aromatic ring is 1. The van der Waals surface area contributed by atoms with Crippen LogP contribution in [0.1, 0.15) is 48.9 Å². The first-order chi connectivity index (χ1) is 12.5. The molecule has 140 valence electrons. The van der Waals surface area contributed by atoms with E-state index < -0.39 is 10.9 Å². The highest BCUT2D eigenvalue weighted by molar-refractivity contribution is 5.97. The summed E-state index contributed by atoms with van der Waals surface area (Å²) in [6, 6.07) is 3.81. The number of benzene rings is 1. The van der Waals surface area contributed by atoms with E-state index in [2.05, 4.69) is 0 Å². The number of rotatable bonds is 4. The zero-order valence-corrected chi connectivity index (χ0v) is 14.6. The first-order valence-electron chi connectivity index (χ1n) is 8.98. The Hall–Kier alpha value is -2.64. The third kappa shape index (κ3) is 3.79. The number of amides is 1. The lowest BCUT2D eigenvalue weighted by molar-refractivity contribution is -0.384. The fourth-order valence-corrected chi connectivity index (χ4v) is 4.06. The summed E-state index contributed by atoms with van der Waals surface area (Å²) in [5, 5.41) is 10.8. The van der Waals surface area contributed by atoms with E-state index >= 15 is 0 Å². The number of fused-ring (bicyclic) bond motifs is 1. The monoisotopic (exact) mass is 361 g/mol. The topological polar surface area (TPSA) is 116 Å². The second kappa shape index (κ2) is 7.72. The number of nitro groups is 1. The van der Waals surface area contributed by atoms with Crippen LogP contribution in [0.4, 0.5) is 11.4 Å². The van der Waals surface area contributed by atoms with E-state index in [1.807, 2.05) is 4.90 Å². The normalized spacial score (nSPS) is 22.4. The minimum atomic E-state index is -0.822. The summed E-state index contributed by atoms with van der Waals surface area (Å²) in [6.07, 6.45) is 6.61. The Labute approximate surface area is 151 Å². The average Bonchev–Trinajstić information content (AvgIpc) is 2.65. The summed E-state index contributed by atoms with van der Waals surface area (Å²) in [6.45, 7) is 0.320. The zero-order valence-electron chi connectivity index (χ0n) is 14.6. The number of non-ortho nitro benzene ring substituents is 1. The van der Waals surface area contributed by atoms with Crippen LogP contribution in [0.3, 0.4) is 0 Å². The molecule has 1 aromatic rings. The molecule has 1 saturated carbocycles. The van der Waals surface area contributed by atoms with Crippen LogP contribution in [-0.2, 0) is 9.53 Å². The Kier molecular flexibility index (Phi) is 5.39. The Balaban J connectivity index is 1.63. The number of carbonyl (C=O) groups excluding carboxylic acids is 2. The minimum absolute atomic E-state index is 0.0818. The Morgan fingerprint density at radius 3 is 2.73 bits per heavy atom. The van der Waals surface area contributed by atoms with Crippen molar-refractivity contribution in [2.45, 2.75) is 44.6 Å². The number of nitrogens with zero attached hydrogens (tertiary/aromatic N) is 2. The Morgan fingerprint density at radius 2 is 1.96 bits per heavy atom. The van der Waals surface area contributed by atoms with E-state index in [4.69, 9.17) is 10.5 Å². The van der Waals surface area contributed by atoms with E-state index in [1.165, 1.54) is 18.6 Å². The second-order valence-corrected chi connectivity index (χ2v) is 6.95. The summed E-state index contributed by atoms with van der Waals surface area (Å²) in [4.78, 5) is 36.9. The fraction of sp³-hybridized carbons (Fsp3) is 0.556. The molecule has 1 aromatic carbocycles. The molecule has 8 nitrogen and oxygen atoms in total. The first-order valence-corrected chi connectivity index (χ1v) is 8.98. The number of hydrogen-bond donors (Lipinski definition) is 1. The molecule has 2 N–H and O–H groups in total. The predicted molar refractivity (Wildman–Crippen MR) is 94.5 cm³/mol. The van der Waals surface area contributed by atoms with Crippen LogP contribution in [0.25, 0.3) is 0 Å². The molecule has 0 bridgehead atoms. The highest BCUT2D eigenvalue weighted by Crippen LogP contribution is 2.35. The number of hydrogen-bond acceptors (Lipinski definition) is 6. The van der Waals surface area contributed by atoms with Gasteiger partial charge >= 0.3 is 5.97 Å². The highest BCUT2D eigenvalue weighted by atomic mass is 16.6. The predicted octanol–water partition coefficient (Wildman–Crippen LogP) is 2.52.